The first-order chi connectivity index (χ1) is 6.93. The number of hydrogen-bond donors (Lipinski definition) is 1. The fraction of sp³-hybridized carbons (Fsp3) is 0.111. The van der Waals surface area contributed by atoms with Gasteiger partial charge in [-0.1, -0.05) is 0 Å². The predicted molar refractivity (Wildman–Crippen MR) is 54.2 cm³/mol. The first-order valence-electron chi connectivity index (χ1n) is 4.00. The summed E-state index contributed by atoms with van der Waals surface area (Å²) in [5.74, 6) is -0.776. The number of anilines is 1. The maximum Gasteiger partial charge on any atom is 0.288 e. The molecule has 0 bridgehead atoms. The summed E-state index contributed by atoms with van der Waals surface area (Å²) in [7, 11) is -3.24. The van der Waals surface area contributed by atoms with Crippen LogP contribution in [0, 0.1) is 0 Å². The summed E-state index contributed by atoms with van der Waals surface area (Å²) in [6, 6.07) is 5.54. The van der Waals surface area contributed by atoms with Crippen molar-refractivity contribution in [1.29, 1.82) is 0 Å². The minimum Gasteiger partial charge on any atom is -0.320 e. The van der Waals surface area contributed by atoms with Crippen LogP contribution in [0.4, 0.5) is 5.69 Å². The number of carbonyl (C=O) groups is 2. The smallest absolute Gasteiger partial charge is 0.288 e. The van der Waals surface area contributed by atoms with E-state index in [0.29, 0.717) is 5.69 Å². The Morgan fingerprint density at radius 3 is 2.20 bits per heavy atom. The molecule has 0 radical (unpaired) electrons. The normalized spacial score (nSPS) is 10.7. The van der Waals surface area contributed by atoms with Crippen molar-refractivity contribution in [2.24, 2.45) is 0 Å². The van der Waals surface area contributed by atoms with Gasteiger partial charge in [-0.2, -0.15) is 0 Å². The number of hydrogen-bond acceptors (Lipinski definition) is 4. The van der Waals surface area contributed by atoms with Crippen LogP contribution in [0.15, 0.2) is 29.2 Å². The Balaban J connectivity index is 2.91. The molecule has 1 aromatic carbocycles. The van der Waals surface area contributed by atoms with Crippen molar-refractivity contribution in [3.63, 3.8) is 0 Å². The largest absolute Gasteiger partial charge is 0.320 e. The second kappa shape index (κ2) is 4.22. The number of rotatable bonds is 3. The monoisotopic (exact) mass is 227 g/mol. The summed E-state index contributed by atoms with van der Waals surface area (Å²) < 4.78 is 22.2. The van der Waals surface area contributed by atoms with Gasteiger partial charge >= 0.3 is 0 Å². The van der Waals surface area contributed by atoms with Crippen LogP contribution in [0.3, 0.4) is 0 Å². The van der Waals surface area contributed by atoms with Gasteiger partial charge in [-0.15, -0.1) is 0 Å². The number of benzene rings is 1. The Kier molecular flexibility index (Phi) is 3.21. The fourth-order valence-corrected chi connectivity index (χ4v) is 1.59. The molecule has 1 aromatic rings. The lowest BCUT2D eigenvalue weighted by Gasteiger charge is -2.02. The molecule has 0 fully saturated rings. The molecule has 1 N–H and O–H groups in total. The Labute approximate surface area is 87.0 Å². The van der Waals surface area contributed by atoms with Crippen LogP contribution in [0.25, 0.3) is 0 Å². The van der Waals surface area contributed by atoms with Crippen molar-refractivity contribution in [3.05, 3.63) is 24.3 Å². The van der Waals surface area contributed by atoms with Crippen molar-refractivity contribution < 1.29 is 18.0 Å². The third-order valence-corrected chi connectivity index (χ3v) is 2.79. The van der Waals surface area contributed by atoms with Crippen molar-refractivity contribution >= 4 is 27.7 Å². The van der Waals surface area contributed by atoms with E-state index in [1.54, 1.807) is 0 Å². The lowest BCUT2D eigenvalue weighted by Crippen LogP contribution is -2.12. The van der Waals surface area contributed by atoms with Crippen LogP contribution >= 0.6 is 0 Å². The molecule has 80 valence electrons. The first kappa shape index (κ1) is 11.4. The van der Waals surface area contributed by atoms with E-state index in [2.05, 4.69) is 5.32 Å². The van der Waals surface area contributed by atoms with E-state index in [1.165, 1.54) is 24.3 Å². The highest BCUT2D eigenvalue weighted by molar-refractivity contribution is 7.90. The molecule has 0 spiro atoms. The Morgan fingerprint density at radius 1 is 1.27 bits per heavy atom. The number of amides is 1. The van der Waals surface area contributed by atoms with E-state index in [1.807, 2.05) is 0 Å². The molecule has 6 heteroatoms. The SMILES string of the molecule is CS(=O)(=O)c1ccc(NC(=O)C=O)cc1. The summed E-state index contributed by atoms with van der Waals surface area (Å²) in [6.45, 7) is 0. The first-order valence-corrected chi connectivity index (χ1v) is 5.89. The molecule has 0 unspecified atom stereocenters. The van der Waals surface area contributed by atoms with Crippen LogP contribution in [-0.2, 0) is 19.4 Å². The minimum atomic E-state index is -3.24. The second-order valence-corrected chi connectivity index (χ2v) is 4.92. The molecule has 15 heavy (non-hydrogen) atoms. The molecule has 0 atom stereocenters. The average Bonchev–Trinajstić information content (AvgIpc) is 2.17. The van der Waals surface area contributed by atoms with Gasteiger partial charge in [-0.05, 0) is 24.3 Å². The average molecular weight is 227 g/mol. The molecule has 0 saturated carbocycles. The molecule has 0 saturated heterocycles. The molecule has 1 amide bonds. The van der Waals surface area contributed by atoms with E-state index in [9.17, 15) is 18.0 Å². The topological polar surface area (TPSA) is 80.3 Å². The minimum absolute atomic E-state index is 0.143. The van der Waals surface area contributed by atoms with Gasteiger partial charge in [0.05, 0.1) is 4.90 Å². The van der Waals surface area contributed by atoms with Gasteiger partial charge < -0.3 is 5.32 Å². The third kappa shape index (κ3) is 3.17. The van der Waals surface area contributed by atoms with Gasteiger partial charge in [0, 0.05) is 11.9 Å². The Hall–Kier alpha value is -1.69. The number of sulfone groups is 1. The fourth-order valence-electron chi connectivity index (χ4n) is 0.957. The molecule has 0 aliphatic rings. The van der Waals surface area contributed by atoms with E-state index in [0.717, 1.165) is 6.26 Å². The maximum absolute atomic E-state index is 11.1. The lowest BCUT2D eigenvalue weighted by atomic mass is 10.3. The molecular formula is C9H9NO4S. The van der Waals surface area contributed by atoms with Crippen LogP contribution in [0.5, 0.6) is 0 Å². The van der Waals surface area contributed by atoms with Crippen LogP contribution < -0.4 is 5.32 Å². The van der Waals surface area contributed by atoms with Crippen LogP contribution in [0.1, 0.15) is 0 Å². The van der Waals surface area contributed by atoms with Gasteiger partial charge in [-0.3, -0.25) is 9.59 Å². The van der Waals surface area contributed by atoms with Crippen molar-refractivity contribution in [2.75, 3.05) is 11.6 Å². The zero-order valence-corrected chi connectivity index (χ0v) is 8.74. The number of carbonyl (C=O) groups excluding carboxylic acids is 2. The molecule has 0 aromatic heterocycles. The highest BCUT2D eigenvalue weighted by atomic mass is 32.2. The maximum atomic E-state index is 11.1. The van der Waals surface area contributed by atoms with Crippen molar-refractivity contribution in [2.45, 2.75) is 4.90 Å². The quantitative estimate of drug-likeness (QED) is 0.592. The standard InChI is InChI=1S/C9H9NO4S/c1-15(13,14)8-4-2-7(3-5-8)10-9(12)6-11/h2-6H,1H3,(H,10,12). The molecule has 0 aliphatic carbocycles. The summed E-state index contributed by atoms with van der Waals surface area (Å²) in [5.41, 5.74) is 0.375. The van der Waals surface area contributed by atoms with Gasteiger partial charge in [0.25, 0.3) is 5.91 Å². The summed E-state index contributed by atoms with van der Waals surface area (Å²) in [4.78, 5) is 20.9. The van der Waals surface area contributed by atoms with Gasteiger partial charge in [0.2, 0.25) is 6.29 Å². The lowest BCUT2D eigenvalue weighted by molar-refractivity contribution is -0.127. The van der Waals surface area contributed by atoms with E-state index in [4.69, 9.17) is 0 Å². The molecule has 5 nitrogen and oxygen atoms in total. The molecular weight excluding hydrogens is 218 g/mol. The number of nitrogens with one attached hydrogen (secondary N) is 1. The Bertz CT molecular complexity index is 475. The van der Waals surface area contributed by atoms with Gasteiger partial charge in [0.15, 0.2) is 9.84 Å². The highest BCUT2D eigenvalue weighted by Gasteiger charge is 2.06. The van der Waals surface area contributed by atoms with Gasteiger partial charge in [0.1, 0.15) is 0 Å². The highest BCUT2D eigenvalue weighted by Crippen LogP contribution is 2.13. The van der Waals surface area contributed by atoms with Crippen LogP contribution in [0.2, 0.25) is 0 Å². The second-order valence-electron chi connectivity index (χ2n) is 2.90. The Morgan fingerprint density at radius 2 is 1.80 bits per heavy atom. The summed E-state index contributed by atoms with van der Waals surface area (Å²) in [6.07, 6.45) is 1.23. The summed E-state index contributed by atoms with van der Waals surface area (Å²) in [5, 5.41) is 2.27. The zero-order chi connectivity index (χ0) is 11.5. The number of aldehydes is 1. The summed E-state index contributed by atoms with van der Waals surface area (Å²) >= 11 is 0. The molecule has 1 rings (SSSR count). The van der Waals surface area contributed by atoms with E-state index < -0.39 is 15.7 Å². The predicted octanol–water partition coefficient (Wildman–Crippen LogP) is 0.227. The zero-order valence-electron chi connectivity index (χ0n) is 7.93. The van der Waals surface area contributed by atoms with E-state index >= 15 is 0 Å². The van der Waals surface area contributed by atoms with E-state index in [-0.39, 0.29) is 11.2 Å². The third-order valence-electron chi connectivity index (χ3n) is 1.66. The van der Waals surface area contributed by atoms with Gasteiger partial charge in [-0.25, -0.2) is 8.42 Å². The molecule has 0 aliphatic heterocycles. The van der Waals surface area contributed by atoms with Crippen molar-refractivity contribution in [3.8, 4) is 0 Å². The van der Waals surface area contributed by atoms with Crippen LogP contribution in [-0.4, -0.2) is 26.9 Å². The molecule has 0 heterocycles. The van der Waals surface area contributed by atoms with Crippen molar-refractivity contribution in [1.82, 2.24) is 0 Å².